The Labute approximate surface area is 152 Å². The fourth-order valence-electron chi connectivity index (χ4n) is 2.91. The van der Waals surface area contributed by atoms with Crippen LogP contribution in [0.15, 0.2) is 33.7 Å². The third kappa shape index (κ3) is 4.34. The van der Waals surface area contributed by atoms with Crippen molar-refractivity contribution >= 4 is 45.9 Å². The van der Waals surface area contributed by atoms with Crippen LogP contribution >= 0.6 is 39.9 Å². The summed E-state index contributed by atoms with van der Waals surface area (Å²) in [4.78, 5) is 7.06. The number of nitrogens with zero attached hydrogens (tertiary/aromatic N) is 2. The Balaban J connectivity index is 0.00000161. The Kier molecular flexibility index (Phi) is 6.34. The maximum atomic E-state index is 4.65. The van der Waals surface area contributed by atoms with E-state index in [1.807, 2.05) is 0 Å². The van der Waals surface area contributed by atoms with E-state index in [4.69, 9.17) is 0 Å². The molecule has 1 N–H and O–H groups in total. The topological polar surface area (TPSA) is 27.6 Å². The van der Waals surface area contributed by atoms with Crippen LogP contribution in [0.25, 0.3) is 0 Å². The molecule has 0 spiro atoms. The van der Waals surface area contributed by atoms with Crippen molar-refractivity contribution in [2.75, 3.05) is 19.6 Å². The molecular formula is C16H23BrIN3. The van der Waals surface area contributed by atoms with Gasteiger partial charge in [-0.2, -0.15) is 0 Å². The Bertz CT molecular complexity index is 483. The van der Waals surface area contributed by atoms with E-state index in [2.05, 4.69) is 62.3 Å². The highest BCUT2D eigenvalue weighted by molar-refractivity contribution is 14.0. The number of halogens is 2. The molecule has 2 unspecified atom stereocenters. The standard InChI is InChI=1S/C16H22BrN3.HI/c1-2-18-16(20-9-3-4-10-20)19-15-11-14(15)12-5-7-13(17)8-6-12;/h5-8,14-15H,2-4,9-11H2,1H3,(H,18,19);1H. The summed E-state index contributed by atoms with van der Waals surface area (Å²) in [6.45, 7) is 5.27. The summed E-state index contributed by atoms with van der Waals surface area (Å²) in [6.07, 6.45) is 3.81. The van der Waals surface area contributed by atoms with E-state index < -0.39 is 0 Å². The number of hydrogen-bond acceptors (Lipinski definition) is 1. The van der Waals surface area contributed by atoms with Crippen molar-refractivity contribution in [2.45, 2.75) is 38.1 Å². The molecule has 3 nitrogen and oxygen atoms in total. The minimum atomic E-state index is 0. The number of benzene rings is 1. The van der Waals surface area contributed by atoms with E-state index in [0.29, 0.717) is 12.0 Å². The molecule has 1 heterocycles. The van der Waals surface area contributed by atoms with Crippen LogP contribution in [0.3, 0.4) is 0 Å². The van der Waals surface area contributed by atoms with E-state index in [9.17, 15) is 0 Å². The van der Waals surface area contributed by atoms with Crippen molar-refractivity contribution < 1.29 is 0 Å². The van der Waals surface area contributed by atoms with Crippen molar-refractivity contribution in [1.29, 1.82) is 0 Å². The average molecular weight is 464 g/mol. The number of guanidine groups is 1. The SMILES string of the molecule is CCN=C(NC1CC1c1ccc(Br)cc1)N1CCCC1.I. The van der Waals surface area contributed by atoms with Crippen molar-refractivity contribution in [3.05, 3.63) is 34.3 Å². The van der Waals surface area contributed by atoms with Crippen LogP contribution in [-0.2, 0) is 0 Å². The number of hydrogen-bond donors (Lipinski definition) is 1. The third-order valence-corrected chi connectivity index (χ3v) is 4.65. The Morgan fingerprint density at radius 3 is 2.57 bits per heavy atom. The lowest BCUT2D eigenvalue weighted by atomic mass is 10.1. The van der Waals surface area contributed by atoms with Gasteiger partial charge in [0, 0.05) is 36.1 Å². The Hall–Kier alpha value is -0.300. The van der Waals surface area contributed by atoms with Gasteiger partial charge in [-0.15, -0.1) is 24.0 Å². The van der Waals surface area contributed by atoms with Gasteiger partial charge in [0.2, 0.25) is 0 Å². The smallest absolute Gasteiger partial charge is 0.194 e. The molecule has 2 atom stereocenters. The molecule has 0 radical (unpaired) electrons. The predicted octanol–water partition coefficient (Wildman–Crippen LogP) is 3.98. The summed E-state index contributed by atoms with van der Waals surface area (Å²) in [5.74, 6) is 1.77. The first-order valence-corrected chi connectivity index (χ1v) is 8.38. The second-order valence-electron chi connectivity index (χ2n) is 5.64. The first-order chi connectivity index (χ1) is 9.78. The molecule has 1 saturated heterocycles. The zero-order chi connectivity index (χ0) is 13.9. The van der Waals surface area contributed by atoms with Crippen LogP contribution in [0, 0.1) is 0 Å². The molecule has 2 aliphatic rings. The molecule has 3 rings (SSSR count). The molecule has 0 aromatic heterocycles. The minimum Gasteiger partial charge on any atom is -0.353 e. The molecule has 0 amide bonds. The van der Waals surface area contributed by atoms with Gasteiger partial charge >= 0.3 is 0 Å². The highest BCUT2D eigenvalue weighted by Crippen LogP contribution is 2.41. The lowest BCUT2D eigenvalue weighted by Gasteiger charge is -2.21. The van der Waals surface area contributed by atoms with Gasteiger partial charge in [0.1, 0.15) is 0 Å². The van der Waals surface area contributed by atoms with Gasteiger partial charge in [0.05, 0.1) is 0 Å². The van der Waals surface area contributed by atoms with Crippen LogP contribution in [0.4, 0.5) is 0 Å². The second kappa shape index (κ2) is 7.81. The largest absolute Gasteiger partial charge is 0.353 e. The average Bonchev–Trinajstić information content (AvgIpc) is 3.01. The van der Waals surface area contributed by atoms with Crippen molar-refractivity contribution in [2.24, 2.45) is 4.99 Å². The first kappa shape index (κ1) is 17.1. The summed E-state index contributed by atoms with van der Waals surface area (Å²) in [5, 5.41) is 3.66. The highest BCUT2D eigenvalue weighted by atomic mass is 127. The van der Waals surface area contributed by atoms with Gasteiger partial charge in [-0.25, -0.2) is 0 Å². The summed E-state index contributed by atoms with van der Waals surface area (Å²) in [6, 6.07) is 9.27. The first-order valence-electron chi connectivity index (χ1n) is 7.59. The van der Waals surface area contributed by atoms with E-state index in [1.165, 1.54) is 24.8 Å². The molecule has 1 aromatic rings. The van der Waals surface area contributed by atoms with Gasteiger partial charge in [-0.05, 0) is 43.9 Å². The quantitative estimate of drug-likeness (QED) is 0.417. The minimum absolute atomic E-state index is 0. The van der Waals surface area contributed by atoms with Gasteiger partial charge in [0.15, 0.2) is 5.96 Å². The summed E-state index contributed by atoms with van der Waals surface area (Å²) < 4.78 is 1.15. The predicted molar refractivity (Wildman–Crippen MR) is 103 cm³/mol. The summed E-state index contributed by atoms with van der Waals surface area (Å²) in [7, 11) is 0. The molecule has 116 valence electrons. The zero-order valence-electron chi connectivity index (χ0n) is 12.4. The molecule has 0 bridgehead atoms. The van der Waals surface area contributed by atoms with E-state index >= 15 is 0 Å². The van der Waals surface area contributed by atoms with Crippen LogP contribution in [-0.4, -0.2) is 36.5 Å². The molecule has 1 saturated carbocycles. The lowest BCUT2D eigenvalue weighted by molar-refractivity contribution is 0.490. The number of likely N-dealkylation sites (tertiary alicyclic amines) is 1. The Morgan fingerprint density at radius 1 is 1.29 bits per heavy atom. The highest BCUT2D eigenvalue weighted by Gasteiger charge is 2.39. The van der Waals surface area contributed by atoms with Crippen LogP contribution < -0.4 is 5.32 Å². The van der Waals surface area contributed by atoms with Gasteiger partial charge in [-0.3, -0.25) is 4.99 Å². The fourth-order valence-corrected chi connectivity index (χ4v) is 3.18. The summed E-state index contributed by atoms with van der Waals surface area (Å²) >= 11 is 3.49. The van der Waals surface area contributed by atoms with E-state index in [0.717, 1.165) is 30.1 Å². The Morgan fingerprint density at radius 2 is 1.95 bits per heavy atom. The molecular weight excluding hydrogens is 441 g/mol. The zero-order valence-corrected chi connectivity index (χ0v) is 16.3. The summed E-state index contributed by atoms with van der Waals surface area (Å²) in [5.41, 5.74) is 1.43. The van der Waals surface area contributed by atoms with E-state index in [-0.39, 0.29) is 24.0 Å². The molecule has 21 heavy (non-hydrogen) atoms. The molecule has 2 fully saturated rings. The molecule has 1 aromatic carbocycles. The molecule has 5 heteroatoms. The maximum absolute atomic E-state index is 4.65. The second-order valence-corrected chi connectivity index (χ2v) is 6.55. The normalized spacial score (nSPS) is 24.7. The molecule has 1 aliphatic carbocycles. The van der Waals surface area contributed by atoms with E-state index in [1.54, 1.807) is 0 Å². The van der Waals surface area contributed by atoms with Crippen LogP contribution in [0.1, 0.15) is 37.7 Å². The number of nitrogens with one attached hydrogen (secondary N) is 1. The van der Waals surface area contributed by atoms with Crippen LogP contribution in [0.5, 0.6) is 0 Å². The number of aliphatic imine (C=N–C) groups is 1. The third-order valence-electron chi connectivity index (χ3n) is 4.12. The lowest BCUT2D eigenvalue weighted by Crippen LogP contribution is -2.41. The van der Waals surface area contributed by atoms with Gasteiger partial charge in [0.25, 0.3) is 0 Å². The van der Waals surface area contributed by atoms with Gasteiger partial charge < -0.3 is 10.2 Å². The number of rotatable bonds is 3. The van der Waals surface area contributed by atoms with Crippen molar-refractivity contribution in [1.82, 2.24) is 10.2 Å². The van der Waals surface area contributed by atoms with Crippen LogP contribution in [0.2, 0.25) is 0 Å². The molecule has 1 aliphatic heterocycles. The monoisotopic (exact) mass is 463 g/mol. The van der Waals surface area contributed by atoms with Gasteiger partial charge in [-0.1, -0.05) is 28.1 Å². The maximum Gasteiger partial charge on any atom is 0.194 e. The van der Waals surface area contributed by atoms with Crippen molar-refractivity contribution in [3.63, 3.8) is 0 Å². The van der Waals surface area contributed by atoms with Crippen molar-refractivity contribution in [3.8, 4) is 0 Å². The fraction of sp³-hybridized carbons (Fsp3) is 0.562.